The lowest BCUT2D eigenvalue weighted by Gasteiger charge is -2.33. The molecule has 5 rings (SSSR count). The third-order valence-electron chi connectivity index (χ3n) is 6.72. The fourth-order valence-corrected chi connectivity index (χ4v) is 4.95. The molecule has 2 aromatic carbocycles. The van der Waals surface area contributed by atoms with Crippen molar-refractivity contribution in [1.29, 1.82) is 0 Å². The number of rotatable bonds is 6. The summed E-state index contributed by atoms with van der Waals surface area (Å²) in [4.78, 5) is 16.9. The minimum absolute atomic E-state index is 0.323. The Morgan fingerprint density at radius 3 is 2.76 bits per heavy atom. The molecule has 6 nitrogen and oxygen atoms in total. The van der Waals surface area contributed by atoms with Crippen molar-refractivity contribution in [2.24, 2.45) is 0 Å². The molecule has 0 spiro atoms. The van der Waals surface area contributed by atoms with Crippen molar-refractivity contribution in [2.75, 3.05) is 37.0 Å². The van der Waals surface area contributed by atoms with E-state index in [1.165, 1.54) is 16.8 Å². The number of methoxy groups -OCH3 is 1. The molecule has 1 fully saturated rings. The molecule has 0 aliphatic carbocycles. The van der Waals surface area contributed by atoms with Crippen LogP contribution in [-0.2, 0) is 13.0 Å². The average Bonchev–Trinajstić information content (AvgIpc) is 2.84. The third-order valence-corrected chi connectivity index (χ3v) is 6.72. The first-order valence-corrected chi connectivity index (χ1v) is 11.8. The van der Waals surface area contributed by atoms with E-state index in [2.05, 4.69) is 52.5 Å². The van der Waals surface area contributed by atoms with Crippen LogP contribution in [0.15, 0.2) is 64.0 Å². The van der Waals surface area contributed by atoms with Crippen molar-refractivity contribution >= 4 is 22.3 Å². The molecule has 0 saturated carbocycles. The number of fused-ring (bicyclic) bond motifs is 2. The van der Waals surface area contributed by atoms with Crippen LogP contribution in [0.5, 0.6) is 5.75 Å². The van der Waals surface area contributed by atoms with Crippen molar-refractivity contribution in [3.8, 4) is 5.75 Å². The Kier molecular flexibility index (Phi) is 6.09. The van der Waals surface area contributed by atoms with E-state index in [1.807, 2.05) is 12.1 Å². The number of likely N-dealkylation sites (tertiary alicyclic amines) is 1. The predicted octanol–water partition coefficient (Wildman–Crippen LogP) is 4.77. The zero-order chi connectivity index (χ0) is 22.8. The molecule has 1 N–H and O–H groups in total. The summed E-state index contributed by atoms with van der Waals surface area (Å²) >= 11 is 0. The van der Waals surface area contributed by atoms with E-state index in [-0.39, 0.29) is 5.63 Å². The quantitative estimate of drug-likeness (QED) is 0.552. The Bertz CT molecular complexity index is 1220. The van der Waals surface area contributed by atoms with Gasteiger partial charge in [-0.3, -0.25) is 4.90 Å². The topological polar surface area (TPSA) is 58.0 Å². The highest BCUT2D eigenvalue weighted by molar-refractivity contribution is 5.90. The first kappa shape index (κ1) is 21.6. The molecular weight excluding hydrogens is 414 g/mol. The number of anilines is 2. The van der Waals surface area contributed by atoms with Gasteiger partial charge in [0.25, 0.3) is 0 Å². The second-order valence-corrected chi connectivity index (χ2v) is 8.87. The molecule has 33 heavy (non-hydrogen) atoms. The van der Waals surface area contributed by atoms with Gasteiger partial charge in [0.15, 0.2) is 0 Å². The predicted molar refractivity (Wildman–Crippen MR) is 133 cm³/mol. The second-order valence-electron chi connectivity index (χ2n) is 8.87. The number of nitrogens with one attached hydrogen (secondary N) is 1. The van der Waals surface area contributed by atoms with Gasteiger partial charge in [-0.15, -0.1) is 0 Å². The van der Waals surface area contributed by atoms with Gasteiger partial charge in [0.1, 0.15) is 11.3 Å². The molecule has 3 aromatic rings. The van der Waals surface area contributed by atoms with Gasteiger partial charge in [0, 0.05) is 55.6 Å². The SMILES string of the molecule is CCN1C=CCc2cc(CN3CCC(Nc4cc(=O)oc5ccc(OC)cc45)CC3)ccc21. The van der Waals surface area contributed by atoms with E-state index in [0.29, 0.717) is 11.6 Å². The van der Waals surface area contributed by atoms with Crippen molar-refractivity contribution in [2.45, 2.75) is 38.8 Å². The van der Waals surface area contributed by atoms with Gasteiger partial charge in [-0.25, -0.2) is 4.79 Å². The molecule has 0 atom stereocenters. The molecule has 2 aliphatic rings. The number of ether oxygens (including phenoxy) is 1. The zero-order valence-electron chi connectivity index (χ0n) is 19.3. The standard InChI is InChI=1S/C27H31N3O3/c1-3-30-12-4-5-20-15-19(6-8-25(20)30)18-29-13-10-21(11-14-29)28-24-17-27(31)33-26-9-7-22(32-2)16-23(24)26/h4,6-9,12,15-17,21,28H,3,5,10-11,13-14,18H2,1-2H3. The van der Waals surface area contributed by atoms with Crippen molar-refractivity contribution in [3.05, 3.63) is 76.3 Å². The van der Waals surface area contributed by atoms with Crippen LogP contribution < -0.4 is 20.6 Å². The molecule has 172 valence electrons. The minimum atomic E-state index is -0.337. The zero-order valence-corrected chi connectivity index (χ0v) is 19.3. The molecule has 6 heteroatoms. The normalized spacial score (nSPS) is 16.7. The van der Waals surface area contributed by atoms with E-state index in [0.717, 1.165) is 62.3 Å². The van der Waals surface area contributed by atoms with Crippen LogP contribution in [-0.4, -0.2) is 37.7 Å². The Hall–Kier alpha value is -3.25. The Labute approximate surface area is 194 Å². The largest absolute Gasteiger partial charge is 0.497 e. The maximum Gasteiger partial charge on any atom is 0.338 e. The summed E-state index contributed by atoms with van der Waals surface area (Å²) < 4.78 is 10.7. The van der Waals surface area contributed by atoms with E-state index in [1.54, 1.807) is 19.2 Å². The van der Waals surface area contributed by atoms with Crippen LogP contribution in [0.4, 0.5) is 11.4 Å². The van der Waals surface area contributed by atoms with Crippen molar-refractivity contribution in [3.63, 3.8) is 0 Å². The summed E-state index contributed by atoms with van der Waals surface area (Å²) in [5, 5.41) is 4.47. The molecular formula is C27H31N3O3. The van der Waals surface area contributed by atoms with E-state index in [9.17, 15) is 4.79 Å². The molecule has 0 amide bonds. The number of piperidine rings is 1. The summed E-state index contributed by atoms with van der Waals surface area (Å²) in [6.45, 7) is 6.21. The first-order chi connectivity index (χ1) is 16.1. The van der Waals surface area contributed by atoms with Gasteiger partial charge in [-0.1, -0.05) is 18.2 Å². The fraction of sp³-hybridized carbons (Fsp3) is 0.370. The van der Waals surface area contributed by atoms with Gasteiger partial charge < -0.3 is 19.4 Å². The lowest BCUT2D eigenvalue weighted by molar-refractivity contribution is 0.211. The highest BCUT2D eigenvalue weighted by Crippen LogP contribution is 2.29. The maximum absolute atomic E-state index is 12.0. The molecule has 1 saturated heterocycles. The molecule has 0 bridgehead atoms. The molecule has 0 radical (unpaired) electrons. The summed E-state index contributed by atoms with van der Waals surface area (Å²) in [6, 6.07) is 14.3. The number of hydrogen-bond acceptors (Lipinski definition) is 6. The lowest BCUT2D eigenvalue weighted by Crippen LogP contribution is -2.38. The summed E-state index contributed by atoms with van der Waals surface area (Å²) in [6.07, 6.45) is 7.51. The highest BCUT2D eigenvalue weighted by atomic mass is 16.5. The molecule has 0 unspecified atom stereocenters. The van der Waals surface area contributed by atoms with E-state index >= 15 is 0 Å². The van der Waals surface area contributed by atoms with Crippen LogP contribution in [0.2, 0.25) is 0 Å². The Balaban J connectivity index is 1.23. The monoisotopic (exact) mass is 445 g/mol. The van der Waals surface area contributed by atoms with Crippen LogP contribution in [0.3, 0.4) is 0 Å². The van der Waals surface area contributed by atoms with Crippen LogP contribution in [0.25, 0.3) is 11.0 Å². The average molecular weight is 446 g/mol. The first-order valence-electron chi connectivity index (χ1n) is 11.8. The van der Waals surface area contributed by atoms with Gasteiger partial charge in [-0.2, -0.15) is 0 Å². The number of allylic oxidation sites excluding steroid dienone is 1. The van der Waals surface area contributed by atoms with Gasteiger partial charge >= 0.3 is 5.63 Å². The smallest absolute Gasteiger partial charge is 0.338 e. The van der Waals surface area contributed by atoms with Crippen LogP contribution >= 0.6 is 0 Å². The summed E-state index contributed by atoms with van der Waals surface area (Å²) in [5.41, 5.74) is 5.19. The number of nitrogens with zero attached hydrogens (tertiary/aromatic N) is 2. The maximum atomic E-state index is 12.0. The van der Waals surface area contributed by atoms with Gasteiger partial charge in [-0.05, 0) is 61.6 Å². The van der Waals surface area contributed by atoms with Gasteiger partial charge in [0.2, 0.25) is 0 Å². The Morgan fingerprint density at radius 2 is 1.97 bits per heavy atom. The number of benzene rings is 2. The van der Waals surface area contributed by atoms with Gasteiger partial charge in [0.05, 0.1) is 12.8 Å². The summed E-state index contributed by atoms with van der Waals surface area (Å²) in [5.74, 6) is 0.747. The minimum Gasteiger partial charge on any atom is -0.497 e. The Morgan fingerprint density at radius 1 is 1.12 bits per heavy atom. The molecule has 1 aromatic heterocycles. The molecule has 2 aliphatic heterocycles. The second kappa shape index (κ2) is 9.32. The van der Waals surface area contributed by atoms with Crippen molar-refractivity contribution in [1.82, 2.24) is 4.90 Å². The van der Waals surface area contributed by atoms with E-state index < -0.39 is 0 Å². The summed E-state index contributed by atoms with van der Waals surface area (Å²) in [7, 11) is 1.64. The highest BCUT2D eigenvalue weighted by Gasteiger charge is 2.21. The van der Waals surface area contributed by atoms with Crippen LogP contribution in [0, 0.1) is 0 Å². The van der Waals surface area contributed by atoms with Crippen molar-refractivity contribution < 1.29 is 9.15 Å². The fourth-order valence-electron chi connectivity index (χ4n) is 4.95. The van der Waals surface area contributed by atoms with E-state index in [4.69, 9.17) is 9.15 Å². The third kappa shape index (κ3) is 4.62. The molecule has 3 heterocycles. The van der Waals surface area contributed by atoms with Crippen LogP contribution in [0.1, 0.15) is 30.9 Å². The number of hydrogen-bond donors (Lipinski definition) is 1. The lowest BCUT2D eigenvalue weighted by atomic mass is 10.0.